The van der Waals surface area contributed by atoms with Crippen LogP contribution in [0.4, 0.5) is 3.89 Å². The highest BCUT2D eigenvalue weighted by Gasteiger charge is 2.20. The van der Waals surface area contributed by atoms with Crippen molar-refractivity contribution in [2.24, 2.45) is 0 Å². The third kappa shape index (κ3) is 1.85. The molecule has 0 atom stereocenters. The Kier molecular flexibility index (Phi) is 2.22. The van der Waals surface area contributed by atoms with Crippen LogP contribution in [0.15, 0.2) is 23.1 Å². The Morgan fingerprint density at radius 3 is 2.73 bits per heavy atom. The molecule has 80 valence electrons. The predicted molar refractivity (Wildman–Crippen MR) is 50.8 cm³/mol. The Bertz CT molecular complexity index is 524. The van der Waals surface area contributed by atoms with Crippen LogP contribution in [0.2, 0.25) is 0 Å². The third-order valence-electron chi connectivity index (χ3n) is 2.29. The minimum absolute atomic E-state index is 0.236. The van der Waals surface area contributed by atoms with Crippen molar-refractivity contribution in [2.75, 3.05) is 6.54 Å². The quantitative estimate of drug-likeness (QED) is 0.718. The molecule has 0 saturated carbocycles. The monoisotopic (exact) mass is 229 g/mol. The maximum atomic E-state index is 12.7. The molecule has 0 aromatic heterocycles. The van der Waals surface area contributed by atoms with Crippen molar-refractivity contribution < 1.29 is 17.1 Å². The summed E-state index contributed by atoms with van der Waals surface area (Å²) < 4.78 is 33.9. The molecule has 2 rings (SSSR count). The highest BCUT2D eigenvalue weighted by Crippen LogP contribution is 2.20. The summed E-state index contributed by atoms with van der Waals surface area (Å²) in [5.41, 5.74) is 0.978. The lowest BCUT2D eigenvalue weighted by Crippen LogP contribution is -2.31. The van der Waals surface area contributed by atoms with Crippen LogP contribution >= 0.6 is 0 Å². The van der Waals surface area contributed by atoms with E-state index in [-0.39, 0.29) is 11.5 Å². The van der Waals surface area contributed by atoms with Gasteiger partial charge in [0.1, 0.15) is 0 Å². The summed E-state index contributed by atoms with van der Waals surface area (Å²) >= 11 is 0. The topological polar surface area (TPSA) is 63.2 Å². The van der Waals surface area contributed by atoms with Gasteiger partial charge in [0.15, 0.2) is 0 Å². The van der Waals surface area contributed by atoms with E-state index in [9.17, 15) is 17.1 Å². The number of carbonyl (C=O) groups is 1. The number of benzene rings is 1. The number of halogens is 1. The average molecular weight is 229 g/mol. The second-order valence-electron chi connectivity index (χ2n) is 3.26. The van der Waals surface area contributed by atoms with Crippen LogP contribution in [0.25, 0.3) is 0 Å². The third-order valence-corrected chi connectivity index (χ3v) is 3.10. The van der Waals surface area contributed by atoms with Crippen LogP contribution in [-0.2, 0) is 16.6 Å². The normalized spacial score (nSPS) is 15.7. The second-order valence-corrected chi connectivity index (χ2v) is 4.61. The Balaban J connectivity index is 2.58. The van der Waals surface area contributed by atoms with Crippen molar-refractivity contribution in [1.29, 1.82) is 0 Å². The summed E-state index contributed by atoms with van der Waals surface area (Å²) in [5, 5.41) is 2.56. The number of fused-ring (bicyclic) bond motifs is 1. The molecule has 1 aliphatic rings. The number of rotatable bonds is 1. The number of hydrogen-bond acceptors (Lipinski definition) is 3. The zero-order valence-corrected chi connectivity index (χ0v) is 8.47. The summed E-state index contributed by atoms with van der Waals surface area (Å²) in [7, 11) is -4.74. The number of nitrogens with one attached hydrogen (secondary N) is 1. The summed E-state index contributed by atoms with van der Waals surface area (Å²) in [5.74, 6) is -0.359. The van der Waals surface area contributed by atoms with Gasteiger partial charge in [0.25, 0.3) is 5.91 Å². The van der Waals surface area contributed by atoms with Gasteiger partial charge in [0, 0.05) is 12.1 Å². The van der Waals surface area contributed by atoms with E-state index >= 15 is 0 Å². The molecule has 1 N–H and O–H groups in total. The SMILES string of the molecule is O=C1NCCc2ccc(S(=O)(=O)F)cc21. The first-order valence-electron chi connectivity index (χ1n) is 4.34. The van der Waals surface area contributed by atoms with Crippen molar-refractivity contribution in [3.8, 4) is 0 Å². The number of amides is 1. The molecule has 0 unspecified atom stereocenters. The molecule has 0 spiro atoms. The lowest BCUT2D eigenvalue weighted by atomic mass is 10.0. The summed E-state index contributed by atoms with van der Waals surface area (Å²) in [4.78, 5) is 10.9. The molecule has 1 heterocycles. The summed E-state index contributed by atoms with van der Waals surface area (Å²) in [6, 6.07) is 3.71. The molecule has 1 aliphatic heterocycles. The van der Waals surface area contributed by atoms with Crippen LogP contribution < -0.4 is 5.32 Å². The maximum Gasteiger partial charge on any atom is 0.332 e. The zero-order chi connectivity index (χ0) is 11.1. The van der Waals surface area contributed by atoms with Crippen molar-refractivity contribution in [3.63, 3.8) is 0 Å². The van der Waals surface area contributed by atoms with Gasteiger partial charge < -0.3 is 5.32 Å². The first-order chi connectivity index (χ1) is 6.98. The van der Waals surface area contributed by atoms with Crippen LogP contribution in [0.3, 0.4) is 0 Å². The predicted octanol–water partition coefficient (Wildman–Crippen LogP) is 0.631. The molecule has 1 aromatic rings. The minimum Gasteiger partial charge on any atom is -0.352 e. The molecule has 0 saturated heterocycles. The van der Waals surface area contributed by atoms with E-state index in [2.05, 4.69) is 5.32 Å². The fourth-order valence-electron chi connectivity index (χ4n) is 1.54. The van der Waals surface area contributed by atoms with E-state index in [1.54, 1.807) is 0 Å². The van der Waals surface area contributed by atoms with Crippen molar-refractivity contribution in [3.05, 3.63) is 29.3 Å². The number of carbonyl (C=O) groups excluding carboxylic acids is 1. The van der Waals surface area contributed by atoms with Gasteiger partial charge >= 0.3 is 10.2 Å². The van der Waals surface area contributed by atoms with E-state index in [4.69, 9.17) is 0 Å². The van der Waals surface area contributed by atoms with E-state index in [1.165, 1.54) is 12.1 Å². The van der Waals surface area contributed by atoms with Gasteiger partial charge in [0.2, 0.25) is 0 Å². The van der Waals surface area contributed by atoms with Crippen LogP contribution in [0.1, 0.15) is 15.9 Å². The van der Waals surface area contributed by atoms with Gasteiger partial charge in [-0.25, -0.2) is 0 Å². The summed E-state index contributed by atoms with van der Waals surface area (Å²) in [6.45, 7) is 0.521. The van der Waals surface area contributed by atoms with E-state index in [1.807, 2.05) is 0 Å². The molecule has 1 amide bonds. The molecule has 1 aromatic carbocycles. The van der Waals surface area contributed by atoms with Gasteiger partial charge in [-0.1, -0.05) is 6.07 Å². The van der Waals surface area contributed by atoms with E-state index in [0.717, 1.165) is 11.6 Å². The molecule has 15 heavy (non-hydrogen) atoms. The molecule has 0 bridgehead atoms. The van der Waals surface area contributed by atoms with E-state index < -0.39 is 15.1 Å². The van der Waals surface area contributed by atoms with Gasteiger partial charge in [0.05, 0.1) is 4.90 Å². The Labute approximate surface area is 86.3 Å². The fraction of sp³-hybridized carbons (Fsp3) is 0.222. The largest absolute Gasteiger partial charge is 0.352 e. The van der Waals surface area contributed by atoms with Crippen molar-refractivity contribution >= 4 is 16.1 Å². The van der Waals surface area contributed by atoms with E-state index in [0.29, 0.717) is 13.0 Å². The van der Waals surface area contributed by atoms with Crippen molar-refractivity contribution in [2.45, 2.75) is 11.3 Å². The Morgan fingerprint density at radius 2 is 2.07 bits per heavy atom. The summed E-state index contributed by atoms with van der Waals surface area (Å²) in [6.07, 6.45) is 0.633. The molecule has 4 nitrogen and oxygen atoms in total. The highest BCUT2D eigenvalue weighted by molar-refractivity contribution is 7.86. The van der Waals surface area contributed by atoms with Crippen molar-refractivity contribution in [1.82, 2.24) is 5.32 Å². The van der Waals surface area contributed by atoms with Crippen LogP contribution in [0, 0.1) is 0 Å². The van der Waals surface area contributed by atoms with Gasteiger partial charge in [-0.05, 0) is 24.1 Å². The lowest BCUT2D eigenvalue weighted by molar-refractivity contribution is 0.0946. The maximum absolute atomic E-state index is 12.7. The Hall–Kier alpha value is -1.43. The zero-order valence-electron chi connectivity index (χ0n) is 7.66. The second kappa shape index (κ2) is 3.30. The molecule has 0 aliphatic carbocycles. The minimum atomic E-state index is -4.74. The van der Waals surface area contributed by atoms with Gasteiger partial charge in [-0.3, -0.25) is 4.79 Å². The molecule has 6 heteroatoms. The van der Waals surface area contributed by atoms with Gasteiger partial charge in [-0.15, -0.1) is 3.89 Å². The molecule has 0 fully saturated rings. The average Bonchev–Trinajstić information content (AvgIpc) is 2.16. The molecular weight excluding hydrogens is 221 g/mol. The first-order valence-corrected chi connectivity index (χ1v) is 5.72. The Morgan fingerprint density at radius 1 is 1.33 bits per heavy atom. The highest BCUT2D eigenvalue weighted by atomic mass is 32.3. The fourth-order valence-corrected chi connectivity index (χ4v) is 2.03. The molecular formula is C9H8FNO3S. The van der Waals surface area contributed by atoms with Crippen LogP contribution in [0.5, 0.6) is 0 Å². The smallest absolute Gasteiger partial charge is 0.332 e. The van der Waals surface area contributed by atoms with Gasteiger partial charge in [-0.2, -0.15) is 8.42 Å². The number of hydrogen-bond donors (Lipinski definition) is 1. The molecule has 0 radical (unpaired) electrons. The van der Waals surface area contributed by atoms with Crippen LogP contribution in [-0.4, -0.2) is 20.9 Å². The standard InChI is InChI=1S/C9H8FNO3S/c10-15(13,14)7-2-1-6-3-4-11-9(12)8(6)5-7/h1-2,5H,3-4H2,(H,11,12). The lowest BCUT2D eigenvalue weighted by Gasteiger charge is -2.16. The first kappa shape index (κ1) is 10.1.